The summed E-state index contributed by atoms with van der Waals surface area (Å²) in [5.41, 5.74) is 1.66. The first-order valence-corrected chi connectivity index (χ1v) is 9.45. The Hall–Kier alpha value is -1.93. The lowest BCUT2D eigenvalue weighted by atomic mass is 10.1. The number of aromatic nitrogens is 1. The van der Waals surface area contributed by atoms with E-state index in [0.717, 1.165) is 16.5 Å². The van der Waals surface area contributed by atoms with Crippen molar-refractivity contribution in [1.82, 2.24) is 9.71 Å². The average Bonchev–Trinajstić information content (AvgIpc) is 2.89. The van der Waals surface area contributed by atoms with E-state index in [1.54, 1.807) is 19.2 Å². The average molecular weight is 356 g/mol. The van der Waals surface area contributed by atoms with Gasteiger partial charge in [-0.25, -0.2) is 17.5 Å². The normalized spacial score (nSPS) is 11.8. The highest BCUT2D eigenvalue weighted by molar-refractivity contribution is 7.89. The molecule has 1 aromatic carbocycles. The van der Waals surface area contributed by atoms with E-state index < -0.39 is 16.0 Å². The fourth-order valence-electron chi connectivity index (χ4n) is 2.41. The molecule has 0 bridgehead atoms. The Labute approximate surface area is 140 Å². The molecule has 6 nitrogen and oxygen atoms in total. The third-order valence-electron chi connectivity index (χ3n) is 3.55. The Kier molecular flexibility index (Phi) is 6.33. The van der Waals surface area contributed by atoms with E-state index in [-0.39, 0.29) is 37.6 Å². The molecule has 1 heterocycles. The molecule has 0 saturated heterocycles. The number of aromatic amines is 1. The zero-order chi connectivity index (χ0) is 17.6. The molecule has 0 unspecified atom stereocenters. The summed E-state index contributed by atoms with van der Waals surface area (Å²) in [7, 11) is -3.45. The molecular formula is C16H21FN2O4S. The summed E-state index contributed by atoms with van der Waals surface area (Å²) in [6.45, 7) is 2.20. The van der Waals surface area contributed by atoms with Crippen molar-refractivity contribution in [2.24, 2.45) is 0 Å². The van der Waals surface area contributed by atoms with E-state index in [2.05, 4.69) is 9.71 Å². The van der Waals surface area contributed by atoms with Gasteiger partial charge >= 0.3 is 5.97 Å². The molecule has 2 N–H and O–H groups in total. The predicted molar refractivity (Wildman–Crippen MR) is 89.6 cm³/mol. The van der Waals surface area contributed by atoms with Crippen molar-refractivity contribution in [2.75, 3.05) is 18.9 Å². The van der Waals surface area contributed by atoms with Crippen LogP contribution in [0.1, 0.15) is 25.3 Å². The van der Waals surface area contributed by atoms with Gasteiger partial charge in [-0.3, -0.25) is 4.79 Å². The topological polar surface area (TPSA) is 88.3 Å². The highest BCUT2D eigenvalue weighted by Crippen LogP contribution is 2.19. The smallest absolute Gasteiger partial charge is 0.305 e. The number of rotatable bonds is 9. The molecule has 2 rings (SSSR count). The molecular weight excluding hydrogens is 335 g/mol. The first-order chi connectivity index (χ1) is 11.4. The summed E-state index contributed by atoms with van der Waals surface area (Å²) in [6, 6.07) is 4.44. The number of carbonyl (C=O) groups excluding carboxylic acids is 1. The standard InChI is InChI=1S/C16H21FN2O4S/c1-2-23-16(20)4-3-9-24(21,22)19-8-7-12-11-18-15-6-5-13(17)10-14(12)15/h5-6,10-11,18-19H,2-4,7-9H2,1H3. The van der Waals surface area contributed by atoms with Crippen LogP contribution in [0.4, 0.5) is 4.39 Å². The molecule has 0 fully saturated rings. The highest BCUT2D eigenvalue weighted by atomic mass is 32.2. The number of nitrogens with one attached hydrogen (secondary N) is 2. The maximum atomic E-state index is 13.3. The number of fused-ring (bicyclic) bond motifs is 1. The van der Waals surface area contributed by atoms with E-state index in [1.807, 2.05) is 0 Å². The van der Waals surface area contributed by atoms with Gasteiger partial charge in [0.15, 0.2) is 0 Å². The van der Waals surface area contributed by atoms with E-state index in [4.69, 9.17) is 4.74 Å². The second kappa shape index (κ2) is 8.25. The molecule has 132 valence electrons. The molecule has 0 saturated carbocycles. The second-order valence-corrected chi connectivity index (χ2v) is 7.30. The van der Waals surface area contributed by atoms with E-state index >= 15 is 0 Å². The molecule has 24 heavy (non-hydrogen) atoms. The molecule has 0 amide bonds. The SMILES string of the molecule is CCOC(=O)CCCS(=O)(=O)NCCc1c[nH]c2ccc(F)cc12. The lowest BCUT2D eigenvalue weighted by Crippen LogP contribution is -2.28. The summed E-state index contributed by atoms with van der Waals surface area (Å²) in [6.07, 6.45) is 2.49. The Morgan fingerprint density at radius 2 is 2.17 bits per heavy atom. The van der Waals surface area contributed by atoms with Crippen molar-refractivity contribution in [3.05, 3.63) is 35.8 Å². The number of esters is 1. The number of halogens is 1. The van der Waals surface area contributed by atoms with Crippen molar-refractivity contribution < 1.29 is 22.3 Å². The lowest BCUT2D eigenvalue weighted by Gasteiger charge is -2.06. The predicted octanol–water partition coefficient (Wildman–Crippen LogP) is 2.11. The van der Waals surface area contributed by atoms with Gasteiger partial charge < -0.3 is 9.72 Å². The zero-order valence-corrected chi connectivity index (χ0v) is 14.3. The number of sulfonamides is 1. The third-order valence-corrected chi connectivity index (χ3v) is 5.02. The number of hydrogen-bond acceptors (Lipinski definition) is 4. The van der Waals surface area contributed by atoms with Crippen molar-refractivity contribution in [1.29, 1.82) is 0 Å². The molecule has 0 aliphatic heterocycles. The van der Waals surface area contributed by atoms with E-state index in [9.17, 15) is 17.6 Å². The Balaban J connectivity index is 1.81. The van der Waals surface area contributed by atoms with Crippen LogP contribution in [-0.4, -0.2) is 38.3 Å². The molecule has 8 heteroatoms. The number of H-pyrrole nitrogens is 1. The summed E-state index contributed by atoms with van der Waals surface area (Å²) < 4.78 is 44.3. The molecule has 1 aromatic heterocycles. The van der Waals surface area contributed by atoms with Crippen molar-refractivity contribution in [3.63, 3.8) is 0 Å². The molecule has 0 aliphatic carbocycles. The molecule has 0 radical (unpaired) electrons. The highest BCUT2D eigenvalue weighted by Gasteiger charge is 2.12. The van der Waals surface area contributed by atoms with Crippen LogP contribution < -0.4 is 4.72 Å². The minimum atomic E-state index is -3.45. The first kappa shape index (κ1) is 18.4. The molecule has 0 aliphatic rings. The van der Waals surface area contributed by atoms with Crippen LogP contribution in [0, 0.1) is 5.82 Å². The largest absolute Gasteiger partial charge is 0.466 e. The van der Waals surface area contributed by atoms with Gasteiger partial charge in [0.2, 0.25) is 10.0 Å². The van der Waals surface area contributed by atoms with E-state index in [0.29, 0.717) is 6.42 Å². The van der Waals surface area contributed by atoms with Crippen molar-refractivity contribution in [2.45, 2.75) is 26.2 Å². The monoisotopic (exact) mass is 356 g/mol. The summed E-state index contributed by atoms with van der Waals surface area (Å²) >= 11 is 0. The minimum absolute atomic E-state index is 0.0798. The fraction of sp³-hybridized carbons (Fsp3) is 0.438. The second-order valence-electron chi connectivity index (χ2n) is 5.38. The van der Waals surface area contributed by atoms with Gasteiger partial charge in [-0.05, 0) is 43.5 Å². The van der Waals surface area contributed by atoms with Crippen LogP contribution >= 0.6 is 0 Å². The molecule has 0 spiro atoms. The number of ether oxygens (including phenoxy) is 1. The maximum absolute atomic E-state index is 13.3. The summed E-state index contributed by atoms with van der Waals surface area (Å²) in [5.74, 6) is -0.856. The number of hydrogen-bond donors (Lipinski definition) is 2. The summed E-state index contributed by atoms with van der Waals surface area (Å²) in [5, 5.41) is 0.747. The Morgan fingerprint density at radius 3 is 2.92 bits per heavy atom. The molecule has 2 aromatic rings. The van der Waals surface area contributed by atoms with E-state index in [1.165, 1.54) is 12.1 Å². The number of carbonyl (C=O) groups is 1. The van der Waals surface area contributed by atoms with Crippen LogP contribution in [0.2, 0.25) is 0 Å². The first-order valence-electron chi connectivity index (χ1n) is 7.80. The third kappa shape index (κ3) is 5.31. The van der Waals surface area contributed by atoms with Gasteiger partial charge in [-0.1, -0.05) is 0 Å². The van der Waals surface area contributed by atoms with Gasteiger partial charge in [0.1, 0.15) is 5.82 Å². The fourth-order valence-corrected chi connectivity index (χ4v) is 3.49. The van der Waals surface area contributed by atoms with Gasteiger partial charge in [-0.15, -0.1) is 0 Å². The Bertz CT molecular complexity index is 802. The van der Waals surface area contributed by atoms with Crippen LogP contribution in [0.25, 0.3) is 10.9 Å². The maximum Gasteiger partial charge on any atom is 0.305 e. The van der Waals surface area contributed by atoms with Crippen LogP contribution in [0.5, 0.6) is 0 Å². The van der Waals surface area contributed by atoms with Crippen LogP contribution in [-0.2, 0) is 26.0 Å². The number of benzene rings is 1. The van der Waals surface area contributed by atoms with Gasteiger partial charge in [0.25, 0.3) is 0 Å². The van der Waals surface area contributed by atoms with Crippen LogP contribution in [0.15, 0.2) is 24.4 Å². The zero-order valence-electron chi connectivity index (χ0n) is 13.5. The lowest BCUT2D eigenvalue weighted by molar-refractivity contribution is -0.143. The van der Waals surface area contributed by atoms with Crippen molar-refractivity contribution in [3.8, 4) is 0 Å². The van der Waals surface area contributed by atoms with Crippen LogP contribution in [0.3, 0.4) is 0 Å². The van der Waals surface area contributed by atoms with Gasteiger partial charge in [0, 0.05) is 30.1 Å². The minimum Gasteiger partial charge on any atom is -0.466 e. The quantitative estimate of drug-likeness (QED) is 0.674. The van der Waals surface area contributed by atoms with Gasteiger partial charge in [0.05, 0.1) is 12.4 Å². The van der Waals surface area contributed by atoms with Crippen molar-refractivity contribution >= 4 is 26.9 Å². The molecule has 0 atom stereocenters. The summed E-state index contributed by atoms with van der Waals surface area (Å²) in [4.78, 5) is 14.2. The van der Waals surface area contributed by atoms with Gasteiger partial charge in [-0.2, -0.15) is 0 Å². The Morgan fingerprint density at radius 1 is 1.38 bits per heavy atom.